The molecule has 0 saturated carbocycles. The third-order valence-corrected chi connectivity index (χ3v) is 3.72. The summed E-state index contributed by atoms with van der Waals surface area (Å²) in [6, 6.07) is 16.7. The average Bonchev–Trinajstić information content (AvgIpc) is 2.43. The van der Waals surface area contributed by atoms with Gasteiger partial charge in [-0.3, -0.25) is 0 Å². The van der Waals surface area contributed by atoms with Gasteiger partial charge >= 0.3 is 0 Å². The second-order valence-electron chi connectivity index (χ2n) is 6.17. The van der Waals surface area contributed by atoms with Gasteiger partial charge < -0.3 is 10.1 Å². The molecule has 112 valence electrons. The normalized spacial score (nSPS) is 11.4. The van der Waals surface area contributed by atoms with Crippen LogP contribution >= 0.6 is 22.6 Å². The first kappa shape index (κ1) is 16.3. The molecule has 0 saturated heterocycles. The number of ether oxygens (including phenoxy) is 1. The second kappa shape index (κ2) is 7.27. The monoisotopic (exact) mass is 395 g/mol. The summed E-state index contributed by atoms with van der Waals surface area (Å²) in [5.74, 6) is 0.917. The van der Waals surface area contributed by atoms with E-state index in [2.05, 4.69) is 79.0 Å². The maximum atomic E-state index is 5.81. The highest BCUT2D eigenvalue weighted by Crippen LogP contribution is 2.16. The van der Waals surface area contributed by atoms with Crippen LogP contribution in [-0.2, 0) is 13.2 Å². The van der Waals surface area contributed by atoms with Gasteiger partial charge in [-0.05, 0) is 72.7 Å². The Morgan fingerprint density at radius 3 is 2.29 bits per heavy atom. The fourth-order valence-electron chi connectivity index (χ4n) is 1.84. The number of benzene rings is 2. The van der Waals surface area contributed by atoms with Crippen molar-refractivity contribution in [1.82, 2.24) is 5.32 Å². The van der Waals surface area contributed by atoms with Crippen molar-refractivity contribution >= 4 is 22.6 Å². The number of rotatable bonds is 5. The molecule has 2 aromatic carbocycles. The van der Waals surface area contributed by atoms with Gasteiger partial charge in [0.15, 0.2) is 0 Å². The first-order valence-electron chi connectivity index (χ1n) is 7.14. The Morgan fingerprint density at radius 1 is 1.00 bits per heavy atom. The maximum Gasteiger partial charge on any atom is 0.120 e. The molecule has 0 radical (unpaired) electrons. The lowest BCUT2D eigenvalue weighted by Crippen LogP contribution is -2.35. The topological polar surface area (TPSA) is 21.3 Å². The minimum Gasteiger partial charge on any atom is -0.489 e. The van der Waals surface area contributed by atoms with Crippen molar-refractivity contribution in [2.24, 2.45) is 0 Å². The molecule has 0 amide bonds. The summed E-state index contributed by atoms with van der Waals surface area (Å²) in [6.45, 7) is 8.03. The molecule has 0 atom stereocenters. The summed E-state index contributed by atoms with van der Waals surface area (Å²) in [4.78, 5) is 0. The molecular weight excluding hydrogens is 373 g/mol. The molecule has 0 unspecified atom stereocenters. The summed E-state index contributed by atoms with van der Waals surface area (Å²) in [7, 11) is 0. The van der Waals surface area contributed by atoms with Gasteiger partial charge in [0, 0.05) is 15.7 Å². The molecule has 1 N–H and O–H groups in total. The second-order valence-corrected chi connectivity index (χ2v) is 7.41. The van der Waals surface area contributed by atoms with Crippen molar-refractivity contribution in [2.45, 2.75) is 39.5 Å². The minimum absolute atomic E-state index is 0.145. The number of hydrogen-bond acceptors (Lipinski definition) is 2. The van der Waals surface area contributed by atoms with Crippen LogP contribution in [0.4, 0.5) is 0 Å². The molecule has 0 fully saturated rings. The first-order valence-corrected chi connectivity index (χ1v) is 8.21. The van der Waals surface area contributed by atoms with Gasteiger partial charge in [-0.1, -0.05) is 30.3 Å². The Hall–Kier alpha value is -1.07. The summed E-state index contributed by atoms with van der Waals surface area (Å²) < 4.78 is 7.00. The Labute approximate surface area is 141 Å². The van der Waals surface area contributed by atoms with Crippen molar-refractivity contribution in [1.29, 1.82) is 0 Å². The molecule has 2 rings (SSSR count). The first-order chi connectivity index (χ1) is 9.92. The molecule has 2 aromatic rings. The summed E-state index contributed by atoms with van der Waals surface area (Å²) in [6.07, 6.45) is 0. The van der Waals surface area contributed by atoms with Crippen LogP contribution in [-0.4, -0.2) is 5.54 Å². The number of hydrogen-bond donors (Lipinski definition) is 1. The average molecular weight is 395 g/mol. The van der Waals surface area contributed by atoms with E-state index in [0.717, 1.165) is 12.3 Å². The van der Waals surface area contributed by atoms with Gasteiger partial charge in [0.05, 0.1) is 0 Å². The lowest BCUT2D eigenvalue weighted by atomic mass is 10.1. The molecule has 0 aliphatic carbocycles. The Balaban J connectivity index is 1.87. The van der Waals surface area contributed by atoms with Crippen molar-refractivity contribution in [2.75, 3.05) is 0 Å². The molecule has 0 bridgehead atoms. The van der Waals surface area contributed by atoms with Gasteiger partial charge in [-0.15, -0.1) is 0 Å². The lowest BCUT2D eigenvalue weighted by molar-refractivity contribution is 0.306. The third kappa shape index (κ3) is 6.06. The van der Waals surface area contributed by atoms with E-state index < -0.39 is 0 Å². The molecular formula is C18H22INO. The molecule has 2 nitrogen and oxygen atoms in total. The molecule has 3 heteroatoms. The Kier molecular flexibility index (Phi) is 5.65. The van der Waals surface area contributed by atoms with Gasteiger partial charge in [-0.25, -0.2) is 0 Å². The fourth-order valence-corrected chi connectivity index (χ4v) is 2.36. The van der Waals surface area contributed by atoms with Crippen LogP contribution in [0.1, 0.15) is 31.9 Å². The summed E-state index contributed by atoms with van der Waals surface area (Å²) in [5, 5.41) is 3.49. The van der Waals surface area contributed by atoms with Gasteiger partial charge in [0.1, 0.15) is 12.4 Å². The van der Waals surface area contributed by atoms with Crippen molar-refractivity contribution < 1.29 is 4.74 Å². The summed E-state index contributed by atoms with van der Waals surface area (Å²) in [5.41, 5.74) is 2.63. The molecule has 21 heavy (non-hydrogen) atoms. The Morgan fingerprint density at radius 2 is 1.67 bits per heavy atom. The maximum absolute atomic E-state index is 5.81. The van der Waals surface area contributed by atoms with E-state index in [1.165, 1.54) is 14.7 Å². The fraction of sp³-hybridized carbons (Fsp3) is 0.333. The largest absolute Gasteiger partial charge is 0.489 e. The smallest absolute Gasteiger partial charge is 0.120 e. The standard InChI is InChI=1S/C18H22INO/c1-18(2,3)20-12-14-7-9-15(10-8-14)13-21-17-6-4-5-16(19)11-17/h4-11,20H,12-13H2,1-3H3. The van der Waals surface area contributed by atoms with Crippen molar-refractivity contribution in [3.8, 4) is 5.75 Å². The van der Waals surface area contributed by atoms with Crippen LogP contribution < -0.4 is 10.1 Å². The van der Waals surface area contributed by atoms with Gasteiger partial charge in [0.25, 0.3) is 0 Å². The van der Waals surface area contributed by atoms with E-state index in [1.807, 2.05) is 18.2 Å². The van der Waals surface area contributed by atoms with Crippen molar-refractivity contribution in [3.63, 3.8) is 0 Å². The molecule has 0 aromatic heterocycles. The van der Waals surface area contributed by atoms with E-state index in [9.17, 15) is 0 Å². The highest BCUT2D eigenvalue weighted by Gasteiger charge is 2.08. The SMILES string of the molecule is CC(C)(C)NCc1ccc(COc2cccc(I)c2)cc1. The predicted molar refractivity (Wildman–Crippen MR) is 96.5 cm³/mol. The van der Waals surface area contributed by atoms with Crippen LogP contribution in [0.2, 0.25) is 0 Å². The zero-order valence-electron chi connectivity index (χ0n) is 12.8. The highest BCUT2D eigenvalue weighted by molar-refractivity contribution is 14.1. The van der Waals surface area contributed by atoms with Crippen LogP contribution in [0, 0.1) is 3.57 Å². The number of halogens is 1. The number of nitrogens with one attached hydrogen (secondary N) is 1. The predicted octanol–water partition coefficient (Wildman–Crippen LogP) is 4.76. The van der Waals surface area contributed by atoms with E-state index in [4.69, 9.17) is 4.74 Å². The molecule has 0 aliphatic rings. The van der Waals surface area contributed by atoms with Crippen molar-refractivity contribution in [3.05, 3.63) is 63.2 Å². The minimum atomic E-state index is 0.145. The van der Waals surface area contributed by atoms with E-state index in [0.29, 0.717) is 6.61 Å². The molecule has 0 heterocycles. The van der Waals surface area contributed by atoms with E-state index >= 15 is 0 Å². The zero-order valence-corrected chi connectivity index (χ0v) is 15.0. The van der Waals surface area contributed by atoms with Crippen LogP contribution in [0.3, 0.4) is 0 Å². The summed E-state index contributed by atoms with van der Waals surface area (Å²) >= 11 is 2.29. The highest BCUT2D eigenvalue weighted by atomic mass is 127. The third-order valence-electron chi connectivity index (χ3n) is 3.05. The lowest BCUT2D eigenvalue weighted by Gasteiger charge is -2.20. The van der Waals surface area contributed by atoms with Crippen LogP contribution in [0.15, 0.2) is 48.5 Å². The van der Waals surface area contributed by atoms with E-state index in [-0.39, 0.29) is 5.54 Å². The zero-order chi connectivity index (χ0) is 15.3. The molecule has 0 spiro atoms. The van der Waals surface area contributed by atoms with Gasteiger partial charge in [-0.2, -0.15) is 0 Å². The van der Waals surface area contributed by atoms with Gasteiger partial charge in [0.2, 0.25) is 0 Å². The quantitative estimate of drug-likeness (QED) is 0.738. The van der Waals surface area contributed by atoms with E-state index in [1.54, 1.807) is 0 Å². The Bertz CT molecular complexity index is 573. The van der Waals surface area contributed by atoms with Crippen LogP contribution in [0.25, 0.3) is 0 Å². The molecule has 0 aliphatic heterocycles. The van der Waals surface area contributed by atoms with Crippen LogP contribution in [0.5, 0.6) is 5.75 Å².